The Balaban J connectivity index is 0.000000567. The lowest BCUT2D eigenvalue weighted by atomic mass is 9.40. The number of fused-ring (bicyclic) bond motifs is 7. The van der Waals surface area contributed by atoms with Crippen molar-refractivity contribution in [3.05, 3.63) is 12.2 Å². The molecule has 2 N–H and O–H groups in total. The Labute approximate surface area is 196 Å². The summed E-state index contributed by atoms with van der Waals surface area (Å²) in [6, 6.07) is 0. The summed E-state index contributed by atoms with van der Waals surface area (Å²) in [6.07, 6.45) is 12.4. The van der Waals surface area contributed by atoms with E-state index in [1.807, 2.05) is 13.8 Å². The zero-order valence-corrected chi connectivity index (χ0v) is 21.3. The van der Waals surface area contributed by atoms with E-state index in [1.165, 1.54) is 37.7 Å². The Bertz CT molecular complexity index is 737. The van der Waals surface area contributed by atoms with E-state index in [1.54, 1.807) is 0 Å². The summed E-state index contributed by atoms with van der Waals surface area (Å²) in [6.45, 7) is 14.7. The average Bonchev–Trinajstić information content (AvgIpc) is 3.16. The number of carbonyl (C=O) groups is 1. The SMILES string of the molecule is C=C(C)C.CC1(C)C(O)CCC2(C)C3CCC4C(CCC5(C(=O)O)CCC[C@H]45)C3CCC12. The van der Waals surface area contributed by atoms with Gasteiger partial charge in [0.1, 0.15) is 0 Å². The second-order valence-corrected chi connectivity index (χ2v) is 13.4. The number of carboxylic acid groups (broad SMARTS) is 1. The molecule has 0 bridgehead atoms. The monoisotopic (exact) mass is 444 g/mol. The van der Waals surface area contributed by atoms with Crippen LogP contribution in [-0.2, 0) is 4.79 Å². The van der Waals surface area contributed by atoms with Crippen molar-refractivity contribution >= 4 is 5.97 Å². The first-order valence-corrected chi connectivity index (χ1v) is 13.5. The summed E-state index contributed by atoms with van der Waals surface area (Å²) in [4.78, 5) is 12.2. The highest BCUT2D eigenvalue weighted by molar-refractivity contribution is 5.75. The maximum absolute atomic E-state index is 12.2. The quantitative estimate of drug-likeness (QED) is 0.424. The van der Waals surface area contributed by atoms with Gasteiger partial charge in [0, 0.05) is 0 Å². The summed E-state index contributed by atoms with van der Waals surface area (Å²) in [7, 11) is 0. The minimum Gasteiger partial charge on any atom is -0.481 e. The van der Waals surface area contributed by atoms with Crippen molar-refractivity contribution in [1.82, 2.24) is 0 Å². The van der Waals surface area contributed by atoms with Gasteiger partial charge >= 0.3 is 5.97 Å². The van der Waals surface area contributed by atoms with Crippen LogP contribution in [0, 0.1) is 51.8 Å². The van der Waals surface area contributed by atoms with Crippen molar-refractivity contribution in [3.8, 4) is 0 Å². The molecule has 8 unspecified atom stereocenters. The summed E-state index contributed by atoms with van der Waals surface area (Å²) >= 11 is 0. The van der Waals surface area contributed by atoms with Gasteiger partial charge in [-0.05, 0) is 124 Å². The molecule has 3 nitrogen and oxygen atoms in total. The van der Waals surface area contributed by atoms with Crippen LogP contribution in [0.4, 0.5) is 0 Å². The average molecular weight is 445 g/mol. The number of aliphatic hydroxyl groups is 1. The molecule has 0 aromatic carbocycles. The standard InChI is InChI=1S/C25H40O3.C4H8/c1-23(2)20-9-7-16-15-10-14-25(22(27)28)12-4-5-19(25)17(15)6-8-18(16)24(20,3)13-11-21(23)26;1-4(2)3/h15-21,26H,4-14H2,1-3H3,(H,27,28);1H2,2-3H3/t15?,16?,17?,18?,19-,20?,21?,24?,25?;/m1./s1. The third-order valence-corrected chi connectivity index (χ3v) is 11.3. The molecule has 0 saturated heterocycles. The molecule has 5 fully saturated rings. The molecule has 0 spiro atoms. The number of hydrogen-bond acceptors (Lipinski definition) is 2. The van der Waals surface area contributed by atoms with Crippen LogP contribution in [0.5, 0.6) is 0 Å². The van der Waals surface area contributed by atoms with Crippen molar-refractivity contribution in [3.63, 3.8) is 0 Å². The van der Waals surface area contributed by atoms with Crippen LogP contribution in [0.25, 0.3) is 0 Å². The van der Waals surface area contributed by atoms with Crippen molar-refractivity contribution < 1.29 is 15.0 Å². The Hall–Kier alpha value is -0.830. The molecule has 9 atom stereocenters. The molecule has 0 aliphatic heterocycles. The first-order valence-electron chi connectivity index (χ1n) is 13.5. The topological polar surface area (TPSA) is 57.5 Å². The fourth-order valence-electron chi connectivity index (χ4n) is 9.99. The summed E-state index contributed by atoms with van der Waals surface area (Å²) < 4.78 is 0. The fraction of sp³-hybridized carbons (Fsp3) is 0.897. The molecule has 0 aromatic heterocycles. The molecule has 5 aliphatic carbocycles. The van der Waals surface area contributed by atoms with Gasteiger partial charge in [-0.2, -0.15) is 0 Å². The highest BCUT2D eigenvalue weighted by Crippen LogP contribution is 2.69. The maximum atomic E-state index is 12.2. The molecule has 3 heteroatoms. The molecule has 5 rings (SSSR count). The van der Waals surface area contributed by atoms with Gasteiger partial charge in [0.2, 0.25) is 0 Å². The number of allylic oxidation sites excluding steroid dienone is 1. The number of aliphatic hydroxyl groups excluding tert-OH is 1. The Morgan fingerprint density at radius 3 is 2.09 bits per heavy atom. The van der Waals surface area contributed by atoms with Crippen LogP contribution < -0.4 is 0 Å². The minimum absolute atomic E-state index is 0.0330. The van der Waals surface area contributed by atoms with Crippen LogP contribution in [0.2, 0.25) is 0 Å². The molecule has 182 valence electrons. The van der Waals surface area contributed by atoms with Crippen LogP contribution in [0.15, 0.2) is 12.2 Å². The molecular formula is C29H48O3. The van der Waals surface area contributed by atoms with E-state index in [2.05, 4.69) is 27.4 Å². The molecule has 0 heterocycles. The second-order valence-electron chi connectivity index (χ2n) is 13.4. The molecule has 0 aromatic rings. The van der Waals surface area contributed by atoms with E-state index < -0.39 is 5.97 Å². The second kappa shape index (κ2) is 8.43. The van der Waals surface area contributed by atoms with Crippen molar-refractivity contribution in [2.75, 3.05) is 0 Å². The summed E-state index contributed by atoms with van der Waals surface area (Å²) in [5.41, 5.74) is 1.19. The Morgan fingerprint density at radius 2 is 1.44 bits per heavy atom. The number of carboxylic acids is 1. The van der Waals surface area contributed by atoms with Gasteiger partial charge in [-0.15, -0.1) is 6.58 Å². The molecule has 5 saturated carbocycles. The van der Waals surface area contributed by atoms with Gasteiger partial charge in [-0.3, -0.25) is 4.79 Å². The first kappa shape index (κ1) is 24.3. The summed E-state index contributed by atoms with van der Waals surface area (Å²) in [5, 5.41) is 20.8. The van der Waals surface area contributed by atoms with Crippen LogP contribution in [0.3, 0.4) is 0 Å². The predicted octanol–water partition coefficient (Wildman–Crippen LogP) is 7.09. The highest BCUT2D eigenvalue weighted by atomic mass is 16.4. The van der Waals surface area contributed by atoms with E-state index >= 15 is 0 Å². The van der Waals surface area contributed by atoms with Gasteiger partial charge in [0.05, 0.1) is 11.5 Å². The van der Waals surface area contributed by atoms with Gasteiger partial charge in [0.15, 0.2) is 0 Å². The predicted molar refractivity (Wildman–Crippen MR) is 130 cm³/mol. The van der Waals surface area contributed by atoms with Gasteiger partial charge < -0.3 is 10.2 Å². The number of hydrogen-bond donors (Lipinski definition) is 2. The van der Waals surface area contributed by atoms with E-state index in [9.17, 15) is 15.0 Å². The van der Waals surface area contributed by atoms with E-state index in [4.69, 9.17) is 0 Å². The first-order chi connectivity index (χ1) is 14.9. The third kappa shape index (κ3) is 3.60. The summed E-state index contributed by atoms with van der Waals surface area (Å²) in [5.74, 6) is 3.61. The largest absolute Gasteiger partial charge is 0.481 e. The molecule has 0 amide bonds. The molecule has 32 heavy (non-hydrogen) atoms. The van der Waals surface area contributed by atoms with Crippen molar-refractivity contribution in [2.24, 2.45) is 51.8 Å². The normalized spacial score (nSPS) is 48.8. The van der Waals surface area contributed by atoms with Gasteiger partial charge in [-0.1, -0.05) is 32.8 Å². The van der Waals surface area contributed by atoms with Gasteiger partial charge in [0.25, 0.3) is 0 Å². The molecular weight excluding hydrogens is 396 g/mol. The molecule has 0 radical (unpaired) electrons. The van der Waals surface area contributed by atoms with Crippen LogP contribution >= 0.6 is 0 Å². The number of aliphatic carboxylic acids is 1. The smallest absolute Gasteiger partial charge is 0.309 e. The molecule has 5 aliphatic rings. The Kier molecular flexibility index (Phi) is 6.40. The van der Waals surface area contributed by atoms with E-state index in [0.29, 0.717) is 23.2 Å². The maximum Gasteiger partial charge on any atom is 0.309 e. The van der Waals surface area contributed by atoms with E-state index in [0.717, 1.165) is 56.3 Å². The van der Waals surface area contributed by atoms with Crippen molar-refractivity contribution in [2.45, 2.75) is 111 Å². The van der Waals surface area contributed by atoms with Crippen molar-refractivity contribution in [1.29, 1.82) is 0 Å². The Morgan fingerprint density at radius 1 is 0.812 bits per heavy atom. The zero-order valence-electron chi connectivity index (χ0n) is 21.3. The zero-order chi connectivity index (χ0) is 23.5. The van der Waals surface area contributed by atoms with Crippen LogP contribution in [0.1, 0.15) is 105 Å². The fourth-order valence-corrected chi connectivity index (χ4v) is 9.99. The lowest BCUT2D eigenvalue weighted by Crippen LogP contribution is -2.60. The van der Waals surface area contributed by atoms with E-state index in [-0.39, 0.29) is 16.9 Å². The number of rotatable bonds is 1. The van der Waals surface area contributed by atoms with Gasteiger partial charge in [-0.25, -0.2) is 0 Å². The lowest BCUT2D eigenvalue weighted by molar-refractivity contribution is -0.186. The lowest BCUT2D eigenvalue weighted by Gasteiger charge is -2.65. The highest BCUT2D eigenvalue weighted by Gasteiger charge is 2.63. The van der Waals surface area contributed by atoms with Crippen LogP contribution in [-0.4, -0.2) is 22.3 Å². The minimum atomic E-state index is -0.491. The third-order valence-electron chi connectivity index (χ3n) is 11.3.